The maximum absolute atomic E-state index is 11.7. The average molecular weight is 251 g/mol. The summed E-state index contributed by atoms with van der Waals surface area (Å²) in [6, 6.07) is 3.95. The third-order valence-electron chi connectivity index (χ3n) is 2.62. The minimum absolute atomic E-state index is 0.130. The van der Waals surface area contributed by atoms with Gasteiger partial charge in [0.05, 0.1) is 12.2 Å². The Labute approximate surface area is 108 Å². The minimum atomic E-state index is -0.130. The molecule has 0 saturated carbocycles. The van der Waals surface area contributed by atoms with E-state index in [9.17, 15) is 4.79 Å². The Morgan fingerprint density at radius 2 is 2.28 bits per heavy atom. The van der Waals surface area contributed by atoms with E-state index in [0.29, 0.717) is 24.8 Å². The molecule has 0 bridgehead atoms. The van der Waals surface area contributed by atoms with Gasteiger partial charge in [-0.2, -0.15) is 0 Å². The highest BCUT2D eigenvalue weighted by atomic mass is 16.5. The number of nitrogens with one attached hydrogen (secondary N) is 2. The van der Waals surface area contributed by atoms with Gasteiger partial charge in [-0.3, -0.25) is 4.79 Å². The summed E-state index contributed by atoms with van der Waals surface area (Å²) < 4.78 is 4.86. The number of pyridine rings is 1. The Kier molecular flexibility index (Phi) is 6.14. The number of anilines is 1. The Hall–Kier alpha value is -1.62. The van der Waals surface area contributed by atoms with E-state index in [1.165, 1.54) is 0 Å². The molecule has 18 heavy (non-hydrogen) atoms. The lowest BCUT2D eigenvalue weighted by Crippen LogP contribution is -2.27. The van der Waals surface area contributed by atoms with Crippen LogP contribution in [-0.4, -0.2) is 37.2 Å². The number of hydrogen-bond donors (Lipinski definition) is 2. The van der Waals surface area contributed by atoms with E-state index in [4.69, 9.17) is 4.74 Å². The van der Waals surface area contributed by atoms with Crippen LogP contribution in [0.25, 0.3) is 0 Å². The first-order chi connectivity index (χ1) is 8.67. The maximum Gasteiger partial charge on any atom is 0.252 e. The van der Waals surface area contributed by atoms with Crippen molar-refractivity contribution in [2.75, 3.05) is 25.6 Å². The van der Waals surface area contributed by atoms with Gasteiger partial charge in [-0.1, -0.05) is 6.92 Å². The zero-order chi connectivity index (χ0) is 13.4. The lowest BCUT2D eigenvalue weighted by atomic mass is 10.2. The van der Waals surface area contributed by atoms with Gasteiger partial charge in [-0.25, -0.2) is 4.98 Å². The molecule has 1 atom stereocenters. The second kappa shape index (κ2) is 7.66. The summed E-state index contributed by atoms with van der Waals surface area (Å²) in [6.07, 6.45) is 2.60. The summed E-state index contributed by atoms with van der Waals surface area (Å²) >= 11 is 0. The Balaban J connectivity index is 2.51. The zero-order valence-corrected chi connectivity index (χ0v) is 11.2. The Bertz CT molecular complexity index is 365. The predicted molar refractivity (Wildman–Crippen MR) is 71.8 cm³/mol. The van der Waals surface area contributed by atoms with Crippen molar-refractivity contribution >= 4 is 11.7 Å². The summed E-state index contributed by atoms with van der Waals surface area (Å²) in [5, 5.41) is 5.99. The van der Waals surface area contributed by atoms with Crippen LogP contribution < -0.4 is 10.6 Å². The predicted octanol–water partition coefficient (Wildman–Crippen LogP) is 1.67. The molecule has 5 nitrogen and oxygen atoms in total. The second-order valence-corrected chi connectivity index (χ2v) is 4.13. The van der Waals surface area contributed by atoms with Crippen molar-refractivity contribution in [3.63, 3.8) is 0 Å². The quantitative estimate of drug-likeness (QED) is 0.724. The molecule has 0 aromatic carbocycles. The van der Waals surface area contributed by atoms with Crippen LogP contribution in [0.15, 0.2) is 18.3 Å². The standard InChI is InChI=1S/C13H21N3O2/c1-4-10(2)16-12-6-5-11(9-15-12)13(17)14-7-8-18-3/h5-6,9-10H,4,7-8H2,1-3H3,(H,14,17)(H,15,16). The molecule has 1 unspecified atom stereocenters. The van der Waals surface area contributed by atoms with Crippen LogP contribution in [0.1, 0.15) is 30.6 Å². The van der Waals surface area contributed by atoms with Crippen molar-refractivity contribution in [2.24, 2.45) is 0 Å². The molecule has 2 N–H and O–H groups in total. The molecule has 1 amide bonds. The van der Waals surface area contributed by atoms with Crippen LogP contribution in [0.4, 0.5) is 5.82 Å². The fourth-order valence-electron chi connectivity index (χ4n) is 1.34. The molecule has 0 aliphatic carbocycles. The van der Waals surface area contributed by atoms with Crippen molar-refractivity contribution in [1.29, 1.82) is 0 Å². The number of nitrogens with zero attached hydrogens (tertiary/aromatic N) is 1. The minimum Gasteiger partial charge on any atom is -0.383 e. The number of hydrogen-bond acceptors (Lipinski definition) is 4. The summed E-state index contributed by atoms with van der Waals surface area (Å²) in [5.41, 5.74) is 0.556. The summed E-state index contributed by atoms with van der Waals surface area (Å²) in [6.45, 7) is 5.21. The molecule has 0 spiro atoms. The normalized spacial score (nSPS) is 11.9. The first-order valence-electron chi connectivity index (χ1n) is 6.17. The molecule has 0 fully saturated rings. The zero-order valence-electron chi connectivity index (χ0n) is 11.2. The number of aromatic nitrogens is 1. The largest absolute Gasteiger partial charge is 0.383 e. The third-order valence-corrected chi connectivity index (χ3v) is 2.62. The van der Waals surface area contributed by atoms with Gasteiger partial charge in [0.15, 0.2) is 0 Å². The molecule has 1 rings (SSSR count). The summed E-state index contributed by atoms with van der Waals surface area (Å²) in [7, 11) is 1.60. The molecular formula is C13H21N3O2. The van der Waals surface area contributed by atoms with E-state index >= 15 is 0 Å². The van der Waals surface area contributed by atoms with Gasteiger partial charge < -0.3 is 15.4 Å². The highest BCUT2D eigenvalue weighted by Gasteiger charge is 2.06. The topological polar surface area (TPSA) is 63.2 Å². The molecule has 0 aliphatic heterocycles. The number of amides is 1. The maximum atomic E-state index is 11.7. The molecule has 5 heteroatoms. The van der Waals surface area contributed by atoms with E-state index in [2.05, 4.69) is 29.5 Å². The van der Waals surface area contributed by atoms with Gasteiger partial charge in [0.1, 0.15) is 5.82 Å². The molecule has 1 heterocycles. The second-order valence-electron chi connectivity index (χ2n) is 4.13. The van der Waals surface area contributed by atoms with Gasteiger partial charge >= 0.3 is 0 Å². The van der Waals surface area contributed by atoms with Crippen LogP contribution >= 0.6 is 0 Å². The van der Waals surface area contributed by atoms with Gasteiger partial charge in [-0.05, 0) is 25.5 Å². The number of rotatable bonds is 7. The number of carbonyl (C=O) groups is 1. The van der Waals surface area contributed by atoms with Crippen molar-refractivity contribution in [3.05, 3.63) is 23.9 Å². The van der Waals surface area contributed by atoms with E-state index in [0.717, 1.165) is 12.2 Å². The number of ether oxygens (including phenoxy) is 1. The van der Waals surface area contributed by atoms with Gasteiger partial charge in [0.2, 0.25) is 0 Å². The van der Waals surface area contributed by atoms with E-state index in [1.54, 1.807) is 19.4 Å². The molecular weight excluding hydrogens is 230 g/mol. The SMILES string of the molecule is CCC(C)Nc1ccc(C(=O)NCCOC)cn1. The average Bonchev–Trinajstić information content (AvgIpc) is 2.39. The summed E-state index contributed by atoms with van der Waals surface area (Å²) in [5.74, 6) is 0.660. The van der Waals surface area contributed by atoms with Crippen molar-refractivity contribution in [3.8, 4) is 0 Å². The van der Waals surface area contributed by atoms with Crippen LogP contribution in [0, 0.1) is 0 Å². The van der Waals surface area contributed by atoms with E-state index in [1.807, 2.05) is 6.07 Å². The number of methoxy groups -OCH3 is 1. The van der Waals surface area contributed by atoms with E-state index < -0.39 is 0 Å². The third kappa shape index (κ3) is 4.71. The summed E-state index contributed by atoms with van der Waals surface area (Å²) in [4.78, 5) is 15.9. The molecule has 0 aliphatic rings. The molecule has 0 saturated heterocycles. The molecule has 0 radical (unpaired) electrons. The lowest BCUT2D eigenvalue weighted by molar-refractivity contribution is 0.0937. The molecule has 100 valence electrons. The first-order valence-corrected chi connectivity index (χ1v) is 6.17. The van der Waals surface area contributed by atoms with Gasteiger partial charge in [0.25, 0.3) is 5.91 Å². The van der Waals surface area contributed by atoms with Crippen molar-refractivity contribution in [2.45, 2.75) is 26.3 Å². The van der Waals surface area contributed by atoms with Gasteiger partial charge in [-0.15, -0.1) is 0 Å². The van der Waals surface area contributed by atoms with Crippen molar-refractivity contribution in [1.82, 2.24) is 10.3 Å². The van der Waals surface area contributed by atoms with Crippen molar-refractivity contribution < 1.29 is 9.53 Å². The monoisotopic (exact) mass is 251 g/mol. The van der Waals surface area contributed by atoms with Crippen LogP contribution in [0.5, 0.6) is 0 Å². The first kappa shape index (κ1) is 14.4. The fraction of sp³-hybridized carbons (Fsp3) is 0.538. The highest BCUT2D eigenvalue weighted by molar-refractivity contribution is 5.94. The Morgan fingerprint density at radius 1 is 1.50 bits per heavy atom. The molecule has 1 aromatic heterocycles. The highest BCUT2D eigenvalue weighted by Crippen LogP contribution is 2.07. The van der Waals surface area contributed by atoms with E-state index in [-0.39, 0.29) is 5.91 Å². The van der Waals surface area contributed by atoms with Crippen LogP contribution in [-0.2, 0) is 4.74 Å². The molecule has 1 aromatic rings. The smallest absolute Gasteiger partial charge is 0.252 e. The number of carbonyl (C=O) groups excluding carboxylic acids is 1. The Morgan fingerprint density at radius 3 is 2.83 bits per heavy atom. The van der Waals surface area contributed by atoms with Crippen LogP contribution in [0.2, 0.25) is 0 Å². The lowest BCUT2D eigenvalue weighted by Gasteiger charge is -2.12. The fourth-order valence-corrected chi connectivity index (χ4v) is 1.34. The van der Waals surface area contributed by atoms with Crippen LogP contribution in [0.3, 0.4) is 0 Å². The van der Waals surface area contributed by atoms with Gasteiger partial charge in [0, 0.05) is 25.9 Å².